The summed E-state index contributed by atoms with van der Waals surface area (Å²) in [5.74, 6) is 4.51. The van der Waals surface area contributed by atoms with E-state index in [1.54, 1.807) is 0 Å². The number of nitrogens with zero attached hydrogens (tertiary/aromatic N) is 1. The zero-order valence-corrected chi connectivity index (χ0v) is 6.47. The third-order valence-corrected chi connectivity index (χ3v) is 1.71. The summed E-state index contributed by atoms with van der Waals surface area (Å²) in [5.41, 5.74) is 4.85. The van der Waals surface area contributed by atoms with Crippen LogP contribution in [0.3, 0.4) is 0 Å². The van der Waals surface area contributed by atoms with Crippen LogP contribution in [0.15, 0.2) is 0 Å². The molecule has 0 bridgehead atoms. The summed E-state index contributed by atoms with van der Waals surface area (Å²) in [6.07, 6.45) is 2.50. The van der Waals surface area contributed by atoms with E-state index in [0.717, 1.165) is 13.1 Å². The molecule has 3 nitrogen and oxygen atoms in total. The van der Waals surface area contributed by atoms with Crippen LogP contribution < -0.4 is 5.73 Å². The van der Waals surface area contributed by atoms with E-state index in [1.165, 1.54) is 12.8 Å². The first-order valence-electron chi connectivity index (χ1n) is 3.80. The van der Waals surface area contributed by atoms with Crippen molar-refractivity contribution in [3.05, 3.63) is 0 Å². The molecule has 0 aromatic rings. The molecule has 1 saturated heterocycles. The van der Waals surface area contributed by atoms with E-state index < -0.39 is 5.91 Å². The normalized spacial score (nSPS) is 17.5. The van der Waals surface area contributed by atoms with Crippen molar-refractivity contribution in [3.63, 3.8) is 0 Å². The maximum atomic E-state index is 10.2. The summed E-state index contributed by atoms with van der Waals surface area (Å²) in [4.78, 5) is 12.4. The Balaban J connectivity index is 2.22. The molecular formula is C8H12N2O. The summed E-state index contributed by atoms with van der Waals surface area (Å²) >= 11 is 0. The van der Waals surface area contributed by atoms with Crippen LogP contribution in [0.4, 0.5) is 0 Å². The number of hydrogen-bond acceptors (Lipinski definition) is 2. The van der Waals surface area contributed by atoms with Crippen LogP contribution in [0.1, 0.15) is 12.8 Å². The molecule has 1 amide bonds. The Hall–Kier alpha value is -1.01. The maximum absolute atomic E-state index is 10.2. The van der Waals surface area contributed by atoms with Crippen LogP contribution >= 0.6 is 0 Å². The van der Waals surface area contributed by atoms with Gasteiger partial charge < -0.3 is 5.73 Å². The molecule has 1 aliphatic rings. The molecule has 2 N–H and O–H groups in total. The Bertz CT molecular complexity index is 196. The number of carbonyl (C=O) groups is 1. The lowest BCUT2D eigenvalue weighted by Crippen LogP contribution is -2.19. The minimum atomic E-state index is -0.538. The third-order valence-electron chi connectivity index (χ3n) is 1.71. The van der Waals surface area contributed by atoms with Crippen molar-refractivity contribution in [1.29, 1.82) is 0 Å². The van der Waals surface area contributed by atoms with Crippen molar-refractivity contribution < 1.29 is 4.79 Å². The molecule has 0 spiro atoms. The molecule has 1 rings (SSSR count). The van der Waals surface area contributed by atoms with E-state index in [2.05, 4.69) is 16.7 Å². The molecule has 11 heavy (non-hydrogen) atoms. The Morgan fingerprint density at radius 2 is 2.09 bits per heavy atom. The quantitative estimate of drug-likeness (QED) is 0.518. The number of likely N-dealkylation sites (tertiary alicyclic amines) is 1. The number of hydrogen-bond donors (Lipinski definition) is 1. The first-order valence-corrected chi connectivity index (χ1v) is 3.80. The van der Waals surface area contributed by atoms with E-state index in [0.29, 0.717) is 6.54 Å². The van der Waals surface area contributed by atoms with Gasteiger partial charge in [0.1, 0.15) is 0 Å². The number of primary amides is 1. The second kappa shape index (κ2) is 3.99. The molecule has 0 atom stereocenters. The summed E-state index contributed by atoms with van der Waals surface area (Å²) in [5, 5.41) is 0. The first-order chi connectivity index (χ1) is 5.29. The van der Waals surface area contributed by atoms with Crippen molar-refractivity contribution in [2.24, 2.45) is 5.73 Å². The van der Waals surface area contributed by atoms with Crippen LogP contribution in [0.5, 0.6) is 0 Å². The lowest BCUT2D eigenvalue weighted by Gasteiger charge is -2.07. The number of carbonyl (C=O) groups excluding carboxylic acids is 1. The molecule has 0 saturated carbocycles. The van der Waals surface area contributed by atoms with Gasteiger partial charge >= 0.3 is 0 Å². The first kappa shape index (κ1) is 8.09. The van der Waals surface area contributed by atoms with E-state index in [1.807, 2.05) is 0 Å². The molecule has 60 valence electrons. The molecule has 0 aliphatic carbocycles. The van der Waals surface area contributed by atoms with Gasteiger partial charge in [0.05, 0.1) is 6.54 Å². The molecule has 0 aromatic heterocycles. The van der Waals surface area contributed by atoms with E-state index in [9.17, 15) is 4.79 Å². The highest BCUT2D eigenvalue weighted by Gasteiger charge is 2.08. The fourth-order valence-electron chi connectivity index (χ4n) is 1.18. The van der Waals surface area contributed by atoms with Crippen LogP contribution in [-0.4, -0.2) is 30.4 Å². The minimum absolute atomic E-state index is 0.538. The molecule has 1 fully saturated rings. The van der Waals surface area contributed by atoms with Gasteiger partial charge in [-0.1, -0.05) is 5.92 Å². The summed E-state index contributed by atoms with van der Waals surface area (Å²) in [6.45, 7) is 2.89. The molecule has 1 aliphatic heterocycles. The Morgan fingerprint density at radius 1 is 1.45 bits per heavy atom. The SMILES string of the molecule is NC(=O)C#CCN1CCCC1. The average molecular weight is 152 g/mol. The second-order valence-electron chi connectivity index (χ2n) is 2.65. The fraction of sp³-hybridized carbons (Fsp3) is 0.625. The highest BCUT2D eigenvalue weighted by atomic mass is 16.1. The smallest absolute Gasteiger partial charge is 0.293 e. The van der Waals surface area contributed by atoms with Gasteiger partial charge in [0.25, 0.3) is 5.91 Å². The van der Waals surface area contributed by atoms with Crippen molar-refractivity contribution in [1.82, 2.24) is 4.90 Å². The highest BCUT2D eigenvalue weighted by Crippen LogP contribution is 2.05. The Labute approximate surface area is 66.5 Å². The number of nitrogens with two attached hydrogens (primary N) is 1. The molecular weight excluding hydrogens is 140 g/mol. The lowest BCUT2D eigenvalue weighted by molar-refractivity contribution is -0.112. The largest absolute Gasteiger partial charge is 0.359 e. The van der Waals surface area contributed by atoms with Crippen molar-refractivity contribution >= 4 is 5.91 Å². The van der Waals surface area contributed by atoms with Gasteiger partial charge in [0, 0.05) is 0 Å². The second-order valence-corrected chi connectivity index (χ2v) is 2.65. The van der Waals surface area contributed by atoms with E-state index >= 15 is 0 Å². The summed E-state index contributed by atoms with van der Waals surface area (Å²) in [6, 6.07) is 0. The van der Waals surface area contributed by atoms with Gasteiger partial charge in [-0.25, -0.2) is 0 Å². The van der Waals surface area contributed by atoms with Gasteiger partial charge in [0.2, 0.25) is 0 Å². The van der Waals surface area contributed by atoms with Gasteiger partial charge in [-0.05, 0) is 31.9 Å². The van der Waals surface area contributed by atoms with Crippen LogP contribution in [-0.2, 0) is 4.79 Å². The minimum Gasteiger partial charge on any atom is -0.359 e. The number of amides is 1. The fourth-order valence-corrected chi connectivity index (χ4v) is 1.18. The zero-order valence-electron chi connectivity index (χ0n) is 6.47. The van der Waals surface area contributed by atoms with E-state index in [-0.39, 0.29) is 0 Å². The maximum Gasteiger partial charge on any atom is 0.293 e. The molecule has 0 unspecified atom stereocenters. The van der Waals surface area contributed by atoms with Crippen LogP contribution in [0, 0.1) is 11.8 Å². The van der Waals surface area contributed by atoms with Gasteiger partial charge in [-0.3, -0.25) is 9.69 Å². The van der Waals surface area contributed by atoms with Crippen LogP contribution in [0.25, 0.3) is 0 Å². The Morgan fingerprint density at radius 3 is 2.64 bits per heavy atom. The Kier molecular flexibility index (Phi) is 2.94. The summed E-state index contributed by atoms with van der Waals surface area (Å²) in [7, 11) is 0. The van der Waals surface area contributed by atoms with Gasteiger partial charge in [-0.2, -0.15) is 0 Å². The predicted octanol–water partition coefficient (Wildman–Crippen LogP) is -0.429. The van der Waals surface area contributed by atoms with Crippen LogP contribution in [0.2, 0.25) is 0 Å². The average Bonchev–Trinajstić information content (AvgIpc) is 2.39. The van der Waals surface area contributed by atoms with Gasteiger partial charge in [0.15, 0.2) is 0 Å². The molecule has 0 radical (unpaired) electrons. The van der Waals surface area contributed by atoms with E-state index in [4.69, 9.17) is 5.73 Å². The molecule has 0 aromatic carbocycles. The third kappa shape index (κ3) is 3.06. The van der Waals surface area contributed by atoms with Gasteiger partial charge in [-0.15, -0.1) is 0 Å². The van der Waals surface area contributed by atoms with Crippen molar-refractivity contribution in [3.8, 4) is 11.8 Å². The predicted molar refractivity (Wildman–Crippen MR) is 42.6 cm³/mol. The standard InChI is InChI=1S/C8H12N2O/c9-8(11)4-3-7-10-5-1-2-6-10/h1-2,5-7H2,(H2,9,11). The molecule has 3 heteroatoms. The lowest BCUT2D eigenvalue weighted by atomic mass is 10.4. The summed E-state index contributed by atoms with van der Waals surface area (Å²) < 4.78 is 0. The van der Waals surface area contributed by atoms with Crippen molar-refractivity contribution in [2.75, 3.05) is 19.6 Å². The monoisotopic (exact) mass is 152 g/mol. The molecule has 1 heterocycles. The highest BCUT2D eigenvalue weighted by molar-refractivity contribution is 5.91. The zero-order chi connectivity index (χ0) is 8.10. The number of rotatable bonds is 1. The topological polar surface area (TPSA) is 46.3 Å². The van der Waals surface area contributed by atoms with Crippen molar-refractivity contribution in [2.45, 2.75) is 12.8 Å².